The van der Waals surface area contributed by atoms with E-state index in [1.54, 1.807) is 36.7 Å². The Hall–Kier alpha value is -3.67. The van der Waals surface area contributed by atoms with Gasteiger partial charge in [-0.2, -0.15) is 0 Å². The lowest BCUT2D eigenvalue weighted by Crippen LogP contribution is -2.07. The molecule has 1 aliphatic rings. The summed E-state index contributed by atoms with van der Waals surface area (Å²) < 4.78 is 15.8. The van der Waals surface area contributed by atoms with Crippen molar-refractivity contribution >= 4 is 17.8 Å². The summed E-state index contributed by atoms with van der Waals surface area (Å²) in [7, 11) is 0. The van der Waals surface area contributed by atoms with E-state index in [4.69, 9.17) is 13.9 Å². The smallest absolute Gasteiger partial charge is 0.379 e. The molecule has 6 nitrogen and oxygen atoms in total. The van der Waals surface area contributed by atoms with Crippen LogP contribution in [0.25, 0.3) is 6.08 Å². The van der Waals surface area contributed by atoms with Crippen molar-refractivity contribution in [3.63, 3.8) is 0 Å². The zero-order valence-corrected chi connectivity index (χ0v) is 12.8. The van der Waals surface area contributed by atoms with Gasteiger partial charge in [0, 0.05) is 18.5 Å². The molecule has 25 heavy (non-hydrogen) atoms. The molecule has 0 bridgehead atoms. The normalized spacial score (nSPS) is 14.2. The minimum atomic E-state index is -0.625. The number of hydrogen-bond donors (Lipinski definition) is 0. The van der Waals surface area contributed by atoms with E-state index in [-0.39, 0.29) is 23.1 Å². The van der Waals surface area contributed by atoms with Crippen molar-refractivity contribution in [3.8, 4) is 11.5 Å². The Labute approximate surface area is 142 Å². The fourth-order valence-corrected chi connectivity index (χ4v) is 2.40. The number of benzene rings is 1. The summed E-state index contributed by atoms with van der Waals surface area (Å²) in [5.74, 6) is 0.0239. The Balaban J connectivity index is 1.57. The summed E-state index contributed by atoms with van der Waals surface area (Å²) in [6.45, 7) is 0. The number of nitrogens with zero attached hydrogens (tertiary/aromatic N) is 1. The molecule has 4 rings (SSSR count). The molecule has 0 fully saturated rings. The largest absolute Gasteiger partial charge is 0.457 e. The van der Waals surface area contributed by atoms with Crippen molar-refractivity contribution in [2.75, 3.05) is 0 Å². The van der Waals surface area contributed by atoms with Gasteiger partial charge in [0.2, 0.25) is 11.5 Å². The minimum absolute atomic E-state index is 0.0923. The molecule has 0 N–H and O–H groups in total. The second kappa shape index (κ2) is 6.09. The van der Waals surface area contributed by atoms with E-state index in [1.807, 2.05) is 6.07 Å². The van der Waals surface area contributed by atoms with E-state index >= 15 is 0 Å². The van der Waals surface area contributed by atoms with Gasteiger partial charge < -0.3 is 13.9 Å². The Morgan fingerprint density at radius 3 is 2.84 bits per heavy atom. The molecule has 2 aromatic heterocycles. The molecule has 0 atom stereocenters. The van der Waals surface area contributed by atoms with Crippen molar-refractivity contribution in [2.24, 2.45) is 0 Å². The zero-order valence-electron chi connectivity index (χ0n) is 12.8. The van der Waals surface area contributed by atoms with E-state index < -0.39 is 5.97 Å². The summed E-state index contributed by atoms with van der Waals surface area (Å²) in [4.78, 5) is 28.3. The average molecular weight is 333 g/mol. The number of Topliss-reactive ketones (excluding diaryl/α,β-unsaturated/α-hetero) is 1. The van der Waals surface area contributed by atoms with Crippen LogP contribution in [0.5, 0.6) is 11.5 Å². The molecule has 122 valence electrons. The number of ketones is 1. The lowest BCUT2D eigenvalue weighted by atomic mass is 10.1. The molecule has 0 amide bonds. The van der Waals surface area contributed by atoms with E-state index in [9.17, 15) is 9.59 Å². The first-order valence-corrected chi connectivity index (χ1v) is 7.45. The lowest BCUT2D eigenvalue weighted by Gasteiger charge is -2.04. The Morgan fingerprint density at radius 2 is 2.08 bits per heavy atom. The fraction of sp³-hybridized carbons (Fsp3) is 0. The second-order valence-electron chi connectivity index (χ2n) is 5.25. The van der Waals surface area contributed by atoms with Crippen molar-refractivity contribution < 1.29 is 23.5 Å². The van der Waals surface area contributed by atoms with Crippen LogP contribution in [-0.2, 0) is 0 Å². The van der Waals surface area contributed by atoms with Gasteiger partial charge >= 0.3 is 5.97 Å². The molecule has 3 aromatic rings. The first-order chi connectivity index (χ1) is 12.2. The summed E-state index contributed by atoms with van der Waals surface area (Å²) in [6.07, 6.45) is 6.28. The van der Waals surface area contributed by atoms with Crippen molar-refractivity contribution in [2.45, 2.75) is 0 Å². The number of esters is 1. The third-order valence-corrected chi connectivity index (χ3v) is 3.56. The van der Waals surface area contributed by atoms with Crippen LogP contribution in [-0.4, -0.2) is 16.7 Å². The van der Waals surface area contributed by atoms with Crippen molar-refractivity contribution in [1.29, 1.82) is 0 Å². The summed E-state index contributed by atoms with van der Waals surface area (Å²) in [6, 6.07) is 11.3. The molecular weight excluding hydrogens is 322 g/mol. The van der Waals surface area contributed by atoms with E-state index in [2.05, 4.69) is 4.98 Å². The van der Waals surface area contributed by atoms with Crippen molar-refractivity contribution in [3.05, 3.63) is 83.8 Å². The number of rotatable bonds is 3. The maximum atomic E-state index is 12.4. The van der Waals surface area contributed by atoms with Crippen molar-refractivity contribution in [1.82, 2.24) is 4.98 Å². The topological polar surface area (TPSA) is 78.6 Å². The molecule has 0 spiro atoms. The number of pyridine rings is 1. The van der Waals surface area contributed by atoms with Gasteiger partial charge in [-0.15, -0.1) is 0 Å². The summed E-state index contributed by atoms with van der Waals surface area (Å²) in [5, 5.41) is 0. The average Bonchev–Trinajstić information content (AvgIpc) is 3.25. The third-order valence-electron chi connectivity index (χ3n) is 3.56. The highest BCUT2D eigenvalue weighted by Crippen LogP contribution is 2.35. The van der Waals surface area contributed by atoms with Crippen LogP contribution in [0.2, 0.25) is 0 Å². The number of carbonyl (C=O) groups is 2. The summed E-state index contributed by atoms with van der Waals surface area (Å²) in [5.41, 5.74) is 1.16. The number of allylic oxidation sites excluding steroid dienone is 1. The standard InChI is InChI=1S/C19H11NO5/c21-18-14-6-5-13(24-19(22)15-4-2-8-23-15)10-16(14)25-17(18)9-12-3-1-7-20-11-12/h1-11H. The van der Waals surface area contributed by atoms with Gasteiger partial charge in [-0.1, -0.05) is 6.07 Å². The van der Waals surface area contributed by atoms with E-state index in [0.29, 0.717) is 11.3 Å². The zero-order chi connectivity index (χ0) is 17.2. The SMILES string of the molecule is O=C(Oc1ccc2c(c1)OC(=Cc1cccnc1)C2=O)c1ccco1. The molecule has 0 aliphatic carbocycles. The van der Waals surface area contributed by atoms with Crippen LogP contribution in [0.4, 0.5) is 0 Å². The number of furan rings is 1. The highest BCUT2D eigenvalue weighted by Gasteiger charge is 2.28. The molecule has 3 heterocycles. The molecule has 6 heteroatoms. The van der Waals surface area contributed by atoms with Crippen LogP contribution in [0.3, 0.4) is 0 Å². The number of aromatic nitrogens is 1. The Kier molecular flexibility index (Phi) is 3.63. The van der Waals surface area contributed by atoms with Gasteiger partial charge in [-0.25, -0.2) is 4.79 Å². The fourth-order valence-electron chi connectivity index (χ4n) is 2.40. The van der Waals surface area contributed by atoms with Gasteiger partial charge in [0.05, 0.1) is 11.8 Å². The molecule has 0 saturated heterocycles. The summed E-state index contributed by atoms with van der Waals surface area (Å²) >= 11 is 0. The Morgan fingerprint density at radius 1 is 1.16 bits per heavy atom. The molecule has 0 unspecified atom stereocenters. The van der Waals surface area contributed by atoms with E-state index in [0.717, 1.165) is 5.56 Å². The molecule has 1 aromatic carbocycles. The van der Waals surface area contributed by atoms with Crippen LogP contribution in [0, 0.1) is 0 Å². The monoisotopic (exact) mass is 333 g/mol. The molecule has 0 radical (unpaired) electrons. The van der Waals surface area contributed by atoms with Crippen LogP contribution >= 0.6 is 0 Å². The highest BCUT2D eigenvalue weighted by molar-refractivity contribution is 6.14. The molecule has 0 saturated carbocycles. The number of carbonyl (C=O) groups excluding carboxylic acids is 2. The quantitative estimate of drug-likeness (QED) is 0.415. The van der Waals surface area contributed by atoms with Gasteiger partial charge in [0.15, 0.2) is 5.76 Å². The predicted octanol–water partition coefficient (Wildman–Crippen LogP) is 3.51. The van der Waals surface area contributed by atoms with Gasteiger partial charge in [0.1, 0.15) is 11.5 Å². The first-order valence-electron chi connectivity index (χ1n) is 7.45. The van der Waals surface area contributed by atoms with Crippen LogP contribution in [0.15, 0.2) is 71.3 Å². The predicted molar refractivity (Wildman–Crippen MR) is 87.3 cm³/mol. The maximum Gasteiger partial charge on any atom is 0.379 e. The third kappa shape index (κ3) is 2.92. The van der Waals surface area contributed by atoms with E-state index in [1.165, 1.54) is 24.5 Å². The molecular formula is C19H11NO5. The number of hydrogen-bond acceptors (Lipinski definition) is 6. The first kappa shape index (κ1) is 14.9. The van der Waals surface area contributed by atoms with Crippen LogP contribution in [0.1, 0.15) is 26.5 Å². The molecule has 1 aliphatic heterocycles. The highest BCUT2D eigenvalue weighted by atomic mass is 16.5. The Bertz CT molecular complexity index is 974. The number of ether oxygens (including phenoxy) is 2. The van der Waals surface area contributed by atoms with Gasteiger partial charge in [-0.3, -0.25) is 9.78 Å². The van der Waals surface area contributed by atoms with Gasteiger partial charge in [-0.05, 0) is 42.0 Å². The van der Waals surface area contributed by atoms with Crippen LogP contribution < -0.4 is 9.47 Å². The minimum Gasteiger partial charge on any atom is -0.457 e. The maximum absolute atomic E-state index is 12.4. The lowest BCUT2D eigenvalue weighted by molar-refractivity contribution is 0.0701. The second-order valence-corrected chi connectivity index (χ2v) is 5.25. The number of fused-ring (bicyclic) bond motifs is 1. The van der Waals surface area contributed by atoms with Gasteiger partial charge in [0.25, 0.3) is 0 Å².